The predicted molar refractivity (Wildman–Crippen MR) is 108 cm³/mol. The van der Waals surface area contributed by atoms with Crippen LogP contribution in [0.2, 0.25) is 0 Å². The molecule has 0 aromatic heterocycles. The molecule has 3 aromatic carbocycles. The van der Waals surface area contributed by atoms with E-state index < -0.39 is 29.5 Å². The number of hydrogen-bond acceptors (Lipinski definition) is 3. The molecule has 1 fully saturated rings. The Balaban J connectivity index is 1.73. The average molecular weight is 389 g/mol. The lowest BCUT2D eigenvalue weighted by molar-refractivity contribution is -0.137. The van der Waals surface area contributed by atoms with Crippen molar-refractivity contribution in [3.63, 3.8) is 0 Å². The first-order valence-corrected chi connectivity index (χ1v) is 9.36. The number of benzene rings is 3. The lowest BCUT2D eigenvalue weighted by atomic mass is 9.76. The molecule has 3 atom stereocenters. The molecule has 3 unspecified atom stereocenters. The highest BCUT2D eigenvalue weighted by atomic mass is 19.1. The lowest BCUT2D eigenvalue weighted by Crippen LogP contribution is -2.56. The van der Waals surface area contributed by atoms with Gasteiger partial charge in [-0.05, 0) is 23.3 Å². The van der Waals surface area contributed by atoms with Gasteiger partial charge in [0.25, 0.3) is 0 Å². The van der Waals surface area contributed by atoms with E-state index in [9.17, 15) is 14.0 Å². The first-order chi connectivity index (χ1) is 14.1. The van der Waals surface area contributed by atoms with Crippen LogP contribution in [-0.4, -0.2) is 11.8 Å². The van der Waals surface area contributed by atoms with Gasteiger partial charge in [0, 0.05) is 5.92 Å². The van der Waals surface area contributed by atoms with Crippen LogP contribution in [0.25, 0.3) is 0 Å². The summed E-state index contributed by atoms with van der Waals surface area (Å²) < 4.78 is 14.0. The summed E-state index contributed by atoms with van der Waals surface area (Å²) in [6.07, 6.45) is 0. The summed E-state index contributed by atoms with van der Waals surface area (Å²) >= 11 is 0. The zero-order valence-corrected chi connectivity index (χ0v) is 15.5. The van der Waals surface area contributed by atoms with Crippen molar-refractivity contribution in [3.8, 4) is 0 Å². The van der Waals surface area contributed by atoms with E-state index in [-0.39, 0.29) is 11.7 Å². The van der Waals surface area contributed by atoms with Gasteiger partial charge in [-0.2, -0.15) is 0 Å². The van der Waals surface area contributed by atoms with Crippen LogP contribution in [0.1, 0.15) is 23.1 Å². The molecule has 1 heterocycles. The van der Waals surface area contributed by atoms with Crippen LogP contribution >= 0.6 is 0 Å². The van der Waals surface area contributed by atoms with E-state index in [1.165, 1.54) is 12.1 Å². The smallest absolute Gasteiger partial charge is 0.247 e. The molecule has 29 heavy (non-hydrogen) atoms. The summed E-state index contributed by atoms with van der Waals surface area (Å²) in [4.78, 5) is 25.9. The van der Waals surface area contributed by atoms with Gasteiger partial charge in [0.15, 0.2) is 0 Å². The molecule has 0 bridgehead atoms. The Morgan fingerprint density at radius 2 is 1.41 bits per heavy atom. The van der Waals surface area contributed by atoms with Crippen LogP contribution in [0, 0.1) is 11.7 Å². The summed E-state index contributed by atoms with van der Waals surface area (Å²) in [7, 11) is 0. The van der Waals surface area contributed by atoms with Crippen molar-refractivity contribution in [1.82, 2.24) is 10.9 Å². The standard InChI is InChI=1S/C23H20FN3O2/c24-17-13-7-8-14-18(17)25-22(28)20-19(15-9-3-1-4-10-15)21(26-27-23(20)29)16-11-5-2-6-12-16/h1-14,19-21,26H,(H,25,28)(H,27,29). The maximum Gasteiger partial charge on any atom is 0.247 e. The molecular formula is C23H20FN3O2. The molecule has 0 saturated carbocycles. The van der Waals surface area contributed by atoms with E-state index in [1.54, 1.807) is 12.1 Å². The van der Waals surface area contributed by atoms with Gasteiger partial charge in [-0.25, -0.2) is 9.82 Å². The molecule has 0 spiro atoms. The molecule has 146 valence electrons. The molecule has 1 aliphatic heterocycles. The number of anilines is 1. The number of halogens is 1. The number of nitrogens with one attached hydrogen (secondary N) is 3. The number of carbonyl (C=O) groups excluding carboxylic acids is 2. The van der Waals surface area contributed by atoms with Gasteiger partial charge in [-0.3, -0.25) is 15.0 Å². The number of hydrazine groups is 1. The van der Waals surface area contributed by atoms with Gasteiger partial charge in [-0.15, -0.1) is 0 Å². The third-order valence-electron chi connectivity index (χ3n) is 5.11. The summed E-state index contributed by atoms with van der Waals surface area (Å²) in [5.74, 6) is -3.07. The zero-order valence-electron chi connectivity index (χ0n) is 15.5. The topological polar surface area (TPSA) is 70.2 Å². The average Bonchev–Trinajstić information content (AvgIpc) is 2.76. The minimum absolute atomic E-state index is 0.0481. The first-order valence-electron chi connectivity index (χ1n) is 9.36. The monoisotopic (exact) mass is 389 g/mol. The second-order valence-electron chi connectivity index (χ2n) is 6.91. The SMILES string of the molecule is O=C1NNC(c2ccccc2)C(c2ccccc2)C1C(=O)Nc1ccccc1F. The van der Waals surface area contributed by atoms with Crippen LogP contribution in [0.15, 0.2) is 84.9 Å². The Morgan fingerprint density at radius 1 is 0.828 bits per heavy atom. The van der Waals surface area contributed by atoms with Crippen LogP contribution in [-0.2, 0) is 9.59 Å². The van der Waals surface area contributed by atoms with Crippen molar-refractivity contribution >= 4 is 17.5 Å². The van der Waals surface area contributed by atoms with E-state index in [1.807, 2.05) is 60.7 Å². The van der Waals surface area contributed by atoms with Crippen molar-refractivity contribution in [2.45, 2.75) is 12.0 Å². The van der Waals surface area contributed by atoms with Crippen molar-refractivity contribution in [3.05, 3.63) is 102 Å². The maximum absolute atomic E-state index is 14.0. The van der Waals surface area contributed by atoms with Crippen LogP contribution in [0.3, 0.4) is 0 Å². The lowest BCUT2D eigenvalue weighted by Gasteiger charge is -2.38. The Bertz CT molecular complexity index is 1010. The summed E-state index contributed by atoms with van der Waals surface area (Å²) in [6, 6.07) is 24.6. The van der Waals surface area contributed by atoms with Crippen LogP contribution < -0.4 is 16.2 Å². The van der Waals surface area contributed by atoms with E-state index in [4.69, 9.17) is 0 Å². The molecule has 1 saturated heterocycles. The fourth-order valence-electron chi connectivity index (χ4n) is 3.74. The third-order valence-corrected chi connectivity index (χ3v) is 5.11. The Hall–Kier alpha value is -3.51. The van der Waals surface area contributed by atoms with Crippen LogP contribution in [0.4, 0.5) is 10.1 Å². The highest BCUT2D eigenvalue weighted by Gasteiger charge is 2.44. The van der Waals surface area contributed by atoms with Gasteiger partial charge in [-0.1, -0.05) is 72.8 Å². The molecule has 0 aliphatic carbocycles. The Labute approximate surface area is 167 Å². The quantitative estimate of drug-likeness (QED) is 0.598. The van der Waals surface area contributed by atoms with Crippen molar-refractivity contribution < 1.29 is 14.0 Å². The number of para-hydroxylation sites is 1. The molecule has 1 aliphatic rings. The van der Waals surface area contributed by atoms with E-state index in [2.05, 4.69) is 16.2 Å². The van der Waals surface area contributed by atoms with E-state index in [0.29, 0.717) is 0 Å². The molecule has 6 heteroatoms. The highest BCUT2D eigenvalue weighted by molar-refractivity contribution is 6.07. The summed E-state index contributed by atoms with van der Waals surface area (Å²) in [5, 5.41) is 2.58. The predicted octanol–water partition coefficient (Wildman–Crippen LogP) is 3.54. The third kappa shape index (κ3) is 3.88. The molecule has 3 N–H and O–H groups in total. The summed E-state index contributed by atoms with van der Waals surface area (Å²) in [5.41, 5.74) is 7.49. The minimum Gasteiger partial charge on any atom is -0.323 e. The van der Waals surface area contributed by atoms with Crippen LogP contribution in [0.5, 0.6) is 0 Å². The number of carbonyl (C=O) groups is 2. The van der Waals surface area contributed by atoms with E-state index >= 15 is 0 Å². The zero-order chi connectivity index (χ0) is 20.2. The molecule has 2 amide bonds. The minimum atomic E-state index is -1.04. The first kappa shape index (κ1) is 18.8. The van der Waals surface area contributed by atoms with Gasteiger partial charge in [0.1, 0.15) is 11.7 Å². The number of rotatable bonds is 4. The number of amides is 2. The van der Waals surface area contributed by atoms with Crippen molar-refractivity contribution in [2.75, 3.05) is 5.32 Å². The molecule has 0 radical (unpaired) electrons. The Morgan fingerprint density at radius 3 is 2.07 bits per heavy atom. The molecule has 3 aromatic rings. The van der Waals surface area contributed by atoms with Gasteiger partial charge >= 0.3 is 0 Å². The number of hydrogen-bond donors (Lipinski definition) is 3. The summed E-state index contributed by atoms with van der Waals surface area (Å²) in [6.45, 7) is 0. The van der Waals surface area contributed by atoms with Crippen molar-refractivity contribution in [2.24, 2.45) is 5.92 Å². The Kier molecular flexibility index (Phi) is 5.35. The van der Waals surface area contributed by atoms with Crippen molar-refractivity contribution in [1.29, 1.82) is 0 Å². The molecular weight excluding hydrogens is 369 g/mol. The maximum atomic E-state index is 14.0. The molecule has 5 nitrogen and oxygen atoms in total. The second-order valence-corrected chi connectivity index (χ2v) is 6.91. The van der Waals surface area contributed by atoms with Gasteiger partial charge in [0.2, 0.25) is 11.8 Å². The fourth-order valence-corrected chi connectivity index (χ4v) is 3.74. The fraction of sp³-hybridized carbons (Fsp3) is 0.130. The molecule has 4 rings (SSSR count). The highest BCUT2D eigenvalue weighted by Crippen LogP contribution is 2.39. The largest absolute Gasteiger partial charge is 0.323 e. The second kappa shape index (κ2) is 8.24. The van der Waals surface area contributed by atoms with Gasteiger partial charge < -0.3 is 5.32 Å². The van der Waals surface area contributed by atoms with Gasteiger partial charge in [0.05, 0.1) is 11.7 Å². The normalized spacial score (nSPS) is 21.3. The van der Waals surface area contributed by atoms with E-state index in [0.717, 1.165) is 11.1 Å².